The first kappa shape index (κ1) is 20.3. The maximum atomic E-state index is 13.4. The van der Waals surface area contributed by atoms with Gasteiger partial charge >= 0.3 is 0 Å². The zero-order chi connectivity index (χ0) is 20.3. The van der Waals surface area contributed by atoms with Crippen LogP contribution >= 0.6 is 0 Å². The monoisotopic (exact) mass is 403 g/mol. The number of likely N-dealkylation sites (N-methyl/N-ethyl adjacent to an activating group) is 1. The minimum Gasteiger partial charge on any atom is -0.495 e. The van der Waals surface area contributed by atoms with E-state index in [1.54, 1.807) is 10.4 Å². The van der Waals surface area contributed by atoms with Gasteiger partial charge in [-0.2, -0.15) is 4.31 Å². The van der Waals surface area contributed by atoms with Crippen molar-refractivity contribution in [2.75, 3.05) is 39.1 Å². The van der Waals surface area contributed by atoms with Crippen molar-refractivity contribution in [3.05, 3.63) is 54.1 Å². The highest BCUT2D eigenvalue weighted by atomic mass is 32.2. The summed E-state index contributed by atoms with van der Waals surface area (Å²) in [5.74, 6) is 0.0544. The van der Waals surface area contributed by atoms with Crippen LogP contribution in [0.4, 0.5) is 5.69 Å². The molecule has 2 aromatic carbocycles. The highest BCUT2D eigenvalue weighted by Gasteiger charge is 2.36. The smallest absolute Gasteiger partial charge is 0.243 e. The van der Waals surface area contributed by atoms with Crippen LogP contribution in [0.25, 0.3) is 0 Å². The molecule has 0 unspecified atom stereocenters. The first-order chi connectivity index (χ1) is 13.3. The summed E-state index contributed by atoms with van der Waals surface area (Å²) in [5, 5.41) is 2.64. The third-order valence-corrected chi connectivity index (χ3v) is 6.71. The molecule has 1 fully saturated rings. The molecule has 0 aromatic heterocycles. The number of benzene rings is 2. The Morgan fingerprint density at radius 3 is 2.50 bits per heavy atom. The molecule has 28 heavy (non-hydrogen) atoms. The van der Waals surface area contributed by atoms with Crippen molar-refractivity contribution in [3.8, 4) is 5.75 Å². The quantitative estimate of drug-likeness (QED) is 0.829. The molecule has 2 aromatic rings. The third kappa shape index (κ3) is 4.19. The van der Waals surface area contributed by atoms with Gasteiger partial charge in [0.15, 0.2) is 0 Å². The molecule has 1 N–H and O–H groups in total. The number of ether oxygens (including phenoxy) is 1. The minimum absolute atomic E-state index is 0.143. The van der Waals surface area contributed by atoms with Gasteiger partial charge in [0, 0.05) is 32.6 Å². The summed E-state index contributed by atoms with van der Waals surface area (Å²) < 4.78 is 33.7. The van der Waals surface area contributed by atoms with Gasteiger partial charge in [-0.25, -0.2) is 8.42 Å². The summed E-state index contributed by atoms with van der Waals surface area (Å²) in [7, 11) is -0.311. The summed E-state index contributed by atoms with van der Waals surface area (Å²) >= 11 is 0. The van der Waals surface area contributed by atoms with Crippen molar-refractivity contribution in [2.45, 2.75) is 17.9 Å². The molecule has 3 rings (SSSR count). The molecule has 1 atom stereocenters. The van der Waals surface area contributed by atoms with Crippen molar-refractivity contribution in [3.63, 3.8) is 0 Å². The lowest BCUT2D eigenvalue weighted by molar-refractivity contribution is -0.114. The molecule has 0 spiro atoms. The van der Waals surface area contributed by atoms with E-state index in [0.717, 1.165) is 5.56 Å². The number of nitrogens with zero attached hydrogens (tertiary/aromatic N) is 2. The number of anilines is 1. The Kier molecular flexibility index (Phi) is 6.02. The normalized spacial score (nSPS) is 18.6. The fourth-order valence-corrected chi connectivity index (χ4v) is 5.01. The minimum atomic E-state index is -3.75. The Labute approximate surface area is 166 Å². The standard InChI is InChI=1S/C20H25N3O4S/c1-15(24)21-18-10-9-17(13-20(18)27-3)28(25,26)23-12-11-22(2)14-19(23)16-7-5-4-6-8-16/h4-10,13,19H,11-12,14H2,1-3H3,(H,21,24)/t19-/m1/s1. The molecule has 0 saturated carbocycles. The van der Waals surface area contributed by atoms with Crippen molar-refractivity contribution in [1.82, 2.24) is 9.21 Å². The number of hydrogen-bond acceptors (Lipinski definition) is 5. The first-order valence-corrected chi connectivity index (χ1v) is 10.5. The van der Waals surface area contributed by atoms with Gasteiger partial charge in [-0.05, 0) is 24.7 Å². The number of carbonyl (C=O) groups is 1. The lowest BCUT2D eigenvalue weighted by Gasteiger charge is -2.39. The SMILES string of the molecule is COc1cc(S(=O)(=O)N2CCN(C)C[C@@H]2c2ccccc2)ccc1NC(C)=O. The van der Waals surface area contributed by atoms with E-state index >= 15 is 0 Å². The molecule has 0 radical (unpaired) electrons. The molecule has 0 bridgehead atoms. The van der Waals surface area contributed by atoms with Crippen LogP contribution in [0.15, 0.2) is 53.4 Å². The number of rotatable bonds is 5. The number of piperazine rings is 1. The van der Waals surface area contributed by atoms with Crippen molar-refractivity contribution in [2.24, 2.45) is 0 Å². The molecule has 0 aliphatic carbocycles. The Balaban J connectivity index is 1.99. The number of hydrogen-bond donors (Lipinski definition) is 1. The summed E-state index contributed by atoms with van der Waals surface area (Å²) in [6, 6.07) is 13.9. The van der Waals surface area contributed by atoms with Gasteiger partial charge in [-0.1, -0.05) is 30.3 Å². The van der Waals surface area contributed by atoms with Gasteiger partial charge in [0.2, 0.25) is 15.9 Å². The summed E-state index contributed by atoms with van der Waals surface area (Å²) in [6.07, 6.45) is 0. The number of sulfonamides is 1. The van der Waals surface area contributed by atoms with Gasteiger partial charge in [0.25, 0.3) is 0 Å². The highest BCUT2D eigenvalue weighted by Crippen LogP contribution is 2.34. The van der Waals surface area contributed by atoms with E-state index in [4.69, 9.17) is 4.74 Å². The second kappa shape index (κ2) is 8.30. The van der Waals surface area contributed by atoms with E-state index in [1.807, 2.05) is 37.4 Å². The largest absolute Gasteiger partial charge is 0.495 e. The Bertz CT molecular complexity index is 947. The van der Waals surface area contributed by atoms with Crippen LogP contribution in [0.3, 0.4) is 0 Å². The molecule has 1 saturated heterocycles. The van der Waals surface area contributed by atoms with Crippen LogP contribution in [0.5, 0.6) is 5.75 Å². The van der Waals surface area contributed by atoms with Crippen LogP contribution in [0, 0.1) is 0 Å². The topological polar surface area (TPSA) is 79.0 Å². The summed E-state index contributed by atoms with van der Waals surface area (Å²) in [4.78, 5) is 13.6. The highest BCUT2D eigenvalue weighted by molar-refractivity contribution is 7.89. The zero-order valence-electron chi connectivity index (χ0n) is 16.3. The number of methoxy groups -OCH3 is 1. The maximum Gasteiger partial charge on any atom is 0.243 e. The lowest BCUT2D eigenvalue weighted by atomic mass is 10.1. The molecule has 150 valence electrons. The van der Waals surface area contributed by atoms with Gasteiger partial charge in [-0.15, -0.1) is 0 Å². The average molecular weight is 404 g/mol. The van der Waals surface area contributed by atoms with E-state index in [9.17, 15) is 13.2 Å². The third-order valence-electron chi connectivity index (χ3n) is 4.81. The maximum absolute atomic E-state index is 13.4. The van der Waals surface area contributed by atoms with Crippen LogP contribution in [0.1, 0.15) is 18.5 Å². The van der Waals surface area contributed by atoms with E-state index in [-0.39, 0.29) is 16.8 Å². The van der Waals surface area contributed by atoms with Gasteiger partial charge < -0.3 is 15.0 Å². The molecule has 1 aliphatic heterocycles. The van der Waals surface area contributed by atoms with Crippen LogP contribution < -0.4 is 10.1 Å². The van der Waals surface area contributed by atoms with Crippen LogP contribution in [-0.4, -0.2) is 57.3 Å². The number of amides is 1. The van der Waals surface area contributed by atoms with Crippen LogP contribution in [0.2, 0.25) is 0 Å². The Morgan fingerprint density at radius 1 is 1.14 bits per heavy atom. The predicted octanol–water partition coefficient (Wildman–Crippen LogP) is 2.33. The zero-order valence-corrected chi connectivity index (χ0v) is 17.1. The number of carbonyl (C=O) groups excluding carboxylic acids is 1. The second-order valence-electron chi connectivity index (χ2n) is 6.85. The lowest BCUT2D eigenvalue weighted by Crippen LogP contribution is -2.49. The first-order valence-electron chi connectivity index (χ1n) is 9.04. The van der Waals surface area contributed by atoms with E-state index in [1.165, 1.54) is 26.2 Å². The Morgan fingerprint density at radius 2 is 1.86 bits per heavy atom. The van der Waals surface area contributed by atoms with E-state index in [2.05, 4.69) is 10.2 Å². The Hall–Kier alpha value is -2.42. The van der Waals surface area contributed by atoms with Gasteiger partial charge in [-0.3, -0.25) is 4.79 Å². The molecule has 7 nitrogen and oxygen atoms in total. The molecular formula is C20H25N3O4S. The second-order valence-corrected chi connectivity index (χ2v) is 8.74. The number of nitrogens with one attached hydrogen (secondary N) is 1. The summed E-state index contributed by atoms with van der Waals surface area (Å²) in [5.41, 5.74) is 1.39. The van der Waals surface area contributed by atoms with Crippen LogP contribution in [-0.2, 0) is 14.8 Å². The molecule has 8 heteroatoms. The fourth-order valence-electron chi connectivity index (χ4n) is 3.40. The van der Waals surface area contributed by atoms with E-state index < -0.39 is 10.0 Å². The molecular weight excluding hydrogens is 378 g/mol. The average Bonchev–Trinajstić information content (AvgIpc) is 2.68. The van der Waals surface area contributed by atoms with Gasteiger partial charge in [0.1, 0.15) is 5.75 Å². The molecule has 1 amide bonds. The summed E-state index contributed by atoms with van der Waals surface area (Å²) in [6.45, 7) is 3.06. The molecule has 1 aliphatic rings. The van der Waals surface area contributed by atoms with Crippen molar-refractivity contribution >= 4 is 21.6 Å². The van der Waals surface area contributed by atoms with E-state index in [0.29, 0.717) is 31.1 Å². The predicted molar refractivity (Wildman–Crippen MR) is 108 cm³/mol. The van der Waals surface area contributed by atoms with Crippen molar-refractivity contribution < 1.29 is 17.9 Å². The fraction of sp³-hybridized carbons (Fsp3) is 0.350. The molecule has 1 heterocycles. The van der Waals surface area contributed by atoms with Gasteiger partial charge in [0.05, 0.1) is 23.7 Å². The van der Waals surface area contributed by atoms with Crippen molar-refractivity contribution in [1.29, 1.82) is 0 Å².